The number of fused-ring (bicyclic) bond motifs is 1. The predicted molar refractivity (Wildman–Crippen MR) is 85.3 cm³/mol. The zero-order valence-corrected chi connectivity index (χ0v) is 11.9. The van der Waals surface area contributed by atoms with E-state index in [-0.39, 0.29) is 5.69 Å². The van der Waals surface area contributed by atoms with Crippen LogP contribution < -0.4 is 0 Å². The number of para-hydroxylation sites is 2. The van der Waals surface area contributed by atoms with Gasteiger partial charge in [0.05, 0.1) is 21.7 Å². The molecular weight excluding hydrogens is 294 g/mol. The Labute approximate surface area is 130 Å². The fraction of sp³-hybridized carbons (Fsp3) is 0. The molecule has 2 heterocycles. The fourth-order valence-corrected chi connectivity index (χ4v) is 2.49. The molecule has 4 rings (SSSR count). The number of benzene rings is 2. The molecule has 0 radical (unpaired) electrons. The lowest BCUT2D eigenvalue weighted by molar-refractivity contribution is -0.384. The van der Waals surface area contributed by atoms with Crippen LogP contribution in [0.5, 0.6) is 0 Å². The van der Waals surface area contributed by atoms with Crippen molar-refractivity contribution < 1.29 is 4.92 Å². The van der Waals surface area contributed by atoms with Gasteiger partial charge >= 0.3 is 0 Å². The van der Waals surface area contributed by atoms with Crippen LogP contribution in [-0.4, -0.2) is 24.7 Å². The van der Waals surface area contributed by atoms with Gasteiger partial charge in [-0.2, -0.15) is 5.10 Å². The summed E-state index contributed by atoms with van der Waals surface area (Å²) in [7, 11) is 0. The van der Waals surface area contributed by atoms with Crippen molar-refractivity contribution in [2.24, 2.45) is 0 Å². The second-order valence-corrected chi connectivity index (χ2v) is 5.05. The number of aromatic amines is 1. The quantitative estimate of drug-likeness (QED) is 0.464. The highest BCUT2D eigenvalue weighted by molar-refractivity contribution is 5.77. The third kappa shape index (κ3) is 2.24. The van der Waals surface area contributed by atoms with E-state index in [1.807, 2.05) is 34.9 Å². The first-order valence-electron chi connectivity index (χ1n) is 6.95. The van der Waals surface area contributed by atoms with E-state index in [0.717, 1.165) is 22.3 Å². The van der Waals surface area contributed by atoms with Gasteiger partial charge in [-0.25, -0.2) is 4.98 Å². The Kier molecular flexibility index (Phi) is 2.90. The van der Waals surface area contributed by atoms with Gasteiger partial charge < -0.3 is 0 Å². The van der Waals surface area contributed by atoms with E-state index in [4.69, 9.17) is 0 Å². The van der Waals surface area contributed by atoms with E-state index in [0.29, 0.717) is 5.82 Å². The maximum Gasteiger partial charge on any atom is 0.269 e. The smallest absolute Gasteiger partial charge is 0.269 e. The Morgan fingerprint density at radius 1 is 1.09 bits per heavy atom. The summed E-state index contributed by atoms with van der Waals surface area (Å²) in [6, 6.07) is 16.0. The number of nitrogens with one attached hydrogen (secondary N) is 1. The molecule has 0 amide bonds. The van der Waals surface area contributed by atoms with E-state index in [1.54, 1.807) is 18.5 Å². The monoisotopic (exact) mass is 305 g/mol. The molecule has 0 aliphatic rings. The van der Waals surface area contributed by atoms with Crippen molar-refractivity contribution in [3.05, 3.63) is 71.0 Å². The highest BCUT2D eigenvalue weighted by Crippen LogP contribution is 2.23. The van der Waals surface area contributed by atoms with Gasteiger partial charge in [0, 0.05) is 23.8 Å². The number of nitro benzene ring substituents is 1. The molecular formula is C16H11N5O2. The lowest BCUT2D eigenvalue weighted by Crippen LogP contribution is -1.91. The van der Waals surface area contributed by atoms with E-state index < -0.39 is 4.92 Å². The number of nitro groups is 1. The summed E-state index contributed by atoms with van der Waals surface area (Å²) < 4.78 is 1.89. The highest BCUT2D eigenvalue weighted by Gasteiger charge is 2.10. The first-order chi connectivity index (χ1) is 11.2. The van der Waals surface area contributed by atoms with Gasteiger partial charge in [-0.05, 0) is 24.3 Å². The third-order valence-electron chi connectivity index (χ3n) is 3.65. The zero-order valence-electron chi connectivity index (χ0n) is 11.9. The summed E-state index contributed by atoms with van der Waals surface area (Å²) in [5, 5.41) is 18.0. The number of H-pyrrole nitrogens is 1. The van der Waals surface area contributed by atoms with Gasteiger partial charge in [-0.1, -0.05) is 12.1 Å². The highest BCUT2D eigenvalue weighted by atomic mass is 16.6. The third-order valence-corrected chi connectivity index (χ3v) is 3.65. The lowest BCUT2D eigenvalue weighted by Gasteiger charge is -1.98. The van der Waals surface area contributed by atoms with Gasteiger partial charge in [0.1, 0.15) is 6.33 Å². The zero-order chi connectivity index (χ0) is 15.8. The summed E-state index contributed by atoms with van der Waals surface area (Å²) >= 11 is 0. The first-order valence-corrected chi connectivity index (χ1v) is 6.95. The maximum atomic E-state index is 10.7. The SMILES string of the molecule is O=[N+]([O-])c1ccc(-c2cc(-n3cnc4ccccc43)n[nH]2)cc1. The van der Waals surface area contributed by atoms with Gasteiger partial charge in [-0.15, -0.1) is 0 Å². The normalized spacial score (nSPS) is 11.0. The van der Waals surface area contributed by atoms with Gasteiger partial charge in [0.15, 0.2) is 5.82 Å². The molecule has 0 bridgehead atoms. The van der Waals surface area contributed by atoms with Crippen molar-refractivity contribution in [3.8, 4) is 17.1 Å². The first kappa shape index (κ1) is 13.2. The summed E-state index contributed by atoms with van der Waals surface area (Å²) in [6.07, 6.45) is 1.72. The van der Waals surface area contributed by atoms with Gasteiger partial charge in [0.2, 0.25) is 0 Å². The van der Waals surface area contributed by atoms with Crippen molar-refractivity contribution in [1.82, 2.24) is 19.7 Å². The van der Waals surface area contributed by atoms with Crippen molar-refractivity contribution in [2.75, 3.05) is 0 Å². The predicted octanol–water partition coefficient (Wildman–Crippen LogP) is 3.32. The minimum atomic E-state index is -0.417. The Morgan fingerprint density at radius 3 is 2.65 bits per heavy atom. The molecule has 112 valence electrons. The van der Waals surface area contributed by atoms with Crippen molar-refractivity contribution in [3.63, 3.8) is 0 Å². The lowest BCUT2D eigenvalue weighted by atomic mass is 10.1. The Hall–Kier alpha value is -3.48. The number of aromatic nitrogens is 4. The van der Waals surface area contributed by atoms with E-state index in [9.17, 15) is 10.1 Å². The van der Waals surface area contributed by atoms with Crippen LogP contribution in [0.1, 0.15) is 0 Å². The number of nitrogens with zero attached hydrogens (tertiary/aromatic N) is 4. The number of non-ortho nitro benzene ring substituents is 1. The molecule has 0 saturated carbocycles. The van der Waals surface area contributed by atoms with E-state index >= 15 is 0 Å². The number of rotatable bonds is 3. The largest absolute Gasteiger partial charge is 0.281 e. The fourth-order valence-electron chi connectivity index (χ4n) is 2.49. The summed E-state index contributed by atoms with van der Waals surface area (Å²) in [4.78, 5) is 14.6. The molecule has 2 aromatic carbocycles. The molecule has 7 nitrogen and oxygen atoms in total. The van der Waals surface area contributed by atoms with Gasteiger partial charge in [-0.3, -0.25) is 19.8 Å². The summed E-state index contributed by atoms with van der Waals surface area (Å²) in [5.74, 6) is 0.715. The van der Waals surface area contributed by atoms with Crippen LogP contribution in [0.2, 0.25) is 0 Å². The van der Waals surface area contributed by atoms with E-state index in [2.05, 4.69) is 15.2 Å². The van der Waals surface area contributed by atoms with Crippen LogP contribution >= 0.6 is 0 Å². The molecule has 2 aromatic heterocycles. The topological polar surface area (TPSA) is 89.6 Å². The number of hydrogen-bond acceptors (Lipinski definition) is 4. The molecule has 0 aliphatic heterocycles. The molecule has 0 unspecified atom stereocenters. The van der Waals surface area contributed by atoms with E-state index in [1.165, 1.54) is 12.1 Å². The second-order valence-electron chi connectivity index (χ2n) is 5.05. The van der Waals surface area contributed by atoms with Crippen LogP contribution in [0.25, 0.3) is 28.1 Å². The second kappa shape index (κ2) is 5.06. The molecule has 0 fully saturated rings. The molecule has 4 aromatic rings. The van der Waals surface area contributed by atoms with Crippen LogP contribution in [0, 0.1) is 10.1 Å². The van der Waals surface area contributed by atoms with Crippen LogP contribution in [-0.2, 0) is 0 Å². The molecule has 0 aliphatic carbocycles. The Morgan fingerprint density at radius 2 is 1.87 bits per heavy atom. The average molecular weight is 305 g/mol. The molecule has 0 saturated heterocycles. The minimum absolute atomic E-state index is 0.0640. The van der Waals surface area contributed by atoms with Crippen LogP contribution in [0.3, 0.4) is 0 Å². The number of imidazole rings is 1. The average Bonchev–Trinajstić information content (AvgIpc) is 3.21. The molecule has 0 atom stereocenters. The summed E-state index contributed by atoms with van der Waals surface area (Å²) in [5.41, 5.74) is 3.54. The standard InChI is InChI=1S/C16H11N5O2/c22-21(23)12-7-5-11(6-8-12)14-9-16(19-18-14)20-10-17-13-3-1-2-4-15(13)20/h1-10H,(H,18,19). The van der Waals surface area contributed by atoms with Crippen molar-refractivity contribution in [1.29, 1.82) is 0 Å². The minimum Gasteiger partial charge on any atom is -0.281 e. The van der Waals surface area contributed by atoms with Crippen molar-refractivity contribution >= 4 is 16.7 Å². The molecule has 0 spiro atoms. The maximum absolute atomic E-state index is 10.7. The Balaban J connectivity index is 1.73. The summed E-state index contributed by atoms with van der Waals surface area (Å²) in [6.45, 7) is 0. The molecule has 7 heteroatoms. The molecule has 23 heavy (non-hydrogen) atoms. The van der Waals surface area contributed by atoms with Crippen LogP contribution in [0.4, 0.5) is 5.69 Å². The Bertz CT molecular complexity index is 1000. The number of hydrogen-bond donors (Lipinski definition) is 1. The van der Waals surface area contributed by atoms with Crippen molar-refractivity contribution in [2.45, 2.75) is 0 Å². The molecule has 1 N–H and O–H groups in total. The van der Waals surface area contributed by atoms with Crippen LogP contribution in [0.15, 0.2) is 60.9 Å². The van der Waals surface area contributed by atoms with Gasteiger partial charge in [0.25, 0.3) is 5.69 Å².